The largest absolute Gasteiger partial charge is 0.344 e. The van der Waals surface area contributed by atoms with E-state index in [0.29, 0.717) is 0 Å². The smallest absolute Gasteiger partial charge is 0.147 e. The van der Waals surface area contributed by atoms with Crippen LogP contribution in [0.2, 0.25) is 0 Å². The fourth-order valence-electron chi connectivity index (χ4n) is 4.75. The van der Waals surface area contributed by atoms with Crippen LogP contribution in [0, 0.1) is 0 Å². The molecule has 29 heavy (non-hydrogen) atoms. The minimum absolute atomic E-state index is 0. The van der Waals surface area contributed by atoms with Gasteiger partial charge in [0, 0.05) is 0 Å². The fourth-order valence-corrected chi connectivity index (χ4v) is 9.56. The van der Waals surface area contributed by atoms with Crippen LogP contribution >= 0.6 is 19.7 Å². The molecule has 0 atom stereocenters. The van der Waals surface area contributed by atoms with E-state index in [2.05, 4.69) is 27.7 Å². The third-order valence-electron chi connectivity index (χ3n) is 6.93. The predicted molar refractivity (Wildman–Crippen MR) is 146 cm³/mol. The van der Waals surface area contributed by atoms with Crippen LogP contribution in [0.1, 0.15) is 143 Å². The van der Waals surface area contributed by atoms with E-state index >= 15 is 0 Å². The van der Waals surface area contributed by atoms with Crippen molar-refractivity contribution >= 4 is 19.7 Å². The first-order valence-electron chi connectivity index (χ1n) is 13.2. The first kappa shape index (κ1) is 34.3. The van der Waals surface area contributed by atoms with E-state index in [-0.39, 0.29) is 18.6 Å². The van der Waals surface area contributed by atoms with Gasteiger partial charge in [-0.2, -0.15) is 0 Å². The standard InChI is InChI=1S/C26H57P.ClH.H3N/c1-5-9-12-15-18-21-24-27(8-4,25-22-19-16-13-10-6-2)26-23-20-17-14-11-7-3;;/h27H,5-26H2,1-4H3;1H;1H3. The van der Waals surface area contributed by atoms with Crippen molar-refractivity contribution in [2.75, 3.05) is 24.6 Å². The van der Waals surface area contributed by atoms with Gasteiger partial charge in [-0.15, -0.1) is 12.4 Å². The summed E-state index contributed by atoms with van der Waals surface area (Å²) >= 11 is 0. The van der Waals surface area contributed by atoms with E-state index in [4.69, 9.17) is 0 Å². The average molecular weight is 454 g/mol. The molecule has 0 aliphatic heterocycles. The second-order valence-electron chi connectivity index (χ2n) is 9.41. The van der Waals surface area contributed by atoms with Gasteiger partial charge >= 0.3 is 175 Å². The molecule has 0 aromatic rings. The van der Waals surface area contributed by atoms with Crippen molar-refractivity contribution in [3.8, 4) is 0 Å². The van der Waals surface area contributed by atoms with Crippen LogP contribution < -0.4 is 6.15 Å². The zero-order valence-electron chi connectivity index (χ0n) is 21.2. The van der Waals surface area contributed by atoms with Crippen LogP contribution in [0.5, 0.6) is 0 Å². The first-order valence-corrected chi connectivity index (χ1v) is 16.1. The molecule has 0 spiro atoms. The third-order valence-corrected chi connectivity index (χ3v) is 12.7. The Morgan fingerprint density at radius 3 is 0.862 bits per heavy atom. The van der Waals surface area contributed by atoms with E-state index in [0.717, 1.165) is 0 Å². The zero-order chi connectivity index (χ0) is 20.1. The molecule has 0 unspecified atom stereocenters. The van der Waals surface area contributed by atoms with Crippen molar-refractivity contribution < 1.29 is 0 Å². The summed E-state index contributed by atoms with van der Waals surface area (Å²) in [4.78, 5) is 0. The molecule has 0 aliphatic carbocycles. The molecule has 0 bridgehead atoms. The maximum absolute atomic E-state index is 2.55. The maximum atomic E-state index is 2.55. The van der Waals surface area contributed by atoms with Crippen LogP contribution in [0.25, 0.3) is 0 Å². The van der Waals surface area contributed by atoms with Gasteiger partial charge < -0.3 is 6.15 Å². The summed E-state index contributed by atoms with van der Waals surface area (Å²) in [6.07, 6.45) is 33.1. The molecule has 0 aliphatic rings. The Bertz CT molecular complexity index is 245. The molecular weight excluding hydrogens is 393 g/mol. The summed E-state index contributed by atoms with van der Waals surface area (Å²) in [5, 5.41) is 0. The molecule has 3 N–H and O–H groups in total. The Hall–Kier alpha value is 0.680. The second-order valence-corrected chi connectivity index (χ2v) is 14.6. The first-order chi connectivity index (χ1) is 13.2. The van der Waals surface area contributed by atoms with E-state index in [1.54, 1.807) is 43.9 Å². The van der Waals surface area contributed by atoms with Crippen molar-refractivity contribution in [1.82, 2.24) is 6.15 Å². The van der Waals surface area contributed by atoms with Gasteiger partial charge in [0.1, 0.15) is 0 Å². The van der Waals surface area contributed by atoms with E-state index in [1.807, 2.05) is 0 Å². The molecule has 0 radical (unpaired) electrons. The predicted octanol–water partition coefficient (Wildman–Crippen LogP) is 10.4. The molecular formula is C26H61ClNP. The summed E-state index contributed by atoms with van der Waals surface area (Å²) < 4.78 is 0. The third kappa shape index (κ3) is 21.7. The summed E-state index contributed by atoms with van der Waals surface area (Å²) in [6.45, 7) is 9.54. The van der Waals surface area contributed by atoms with Gasteiger partial charge in [-0.1, -0.05) is 0 Å². The summed E-state index contributed by atoms with van der Waals surface area (Å²) in [6, 6.07) is 0. The topological polar surface area (TPSA) is 35.0 Å². The van der Waals surface area contributed by atoms with Crippen LogP contribution in [-0.2, 0) is 0 Å². The normalized spacial score (nSPS) is 11.7. The number of hydrogen-bond donors (Lipinski definition) is 1. The molecule has 0 rings (SSSR count). The fraction of sp³-hybridized carbons (Fsp3) is 1.00. The Kier molecular flexibility index (Phi) is 31.6. The van der Waals surface area contributed by atoms with Crippen LogP contribution in [-0.4, -0.2) is 24.6 Å². The van der Waals surface area contributed by atoms with Crippen molar-refractivity contribution in [3.63, 3.8) is 0 Å². The van der Waals surface area contributed by atoms with Crippen molar-refractivity contribution in [1.29, 1.82) is 0 Å². The molecule has 0 amide bonds. The van der Waals surface area contributed by atoms with Crippen LogP contribution in [0.4, 0.5) is 0 Å². The second kappa shape index (κ2) is 26.7. The van der Waals surface area contributed by atoms with E-state index in [9.17, 15) is 0 Å². The van der Waals surface area contributed by atoms with Gasteiger partial charge in [-0.25, -0.2) is 0 Å². The molecule has 0 saturated carbocycles. The Balaban J connectivity index is -0.00000338. The molecule has 1 nitrogen and oxygen atoms in total. The monoisotopic (exact) mass is 453 g/mol. The van der Waals surface area contributed by atoms with Crippen molar-refractivity contribution in [2.45, 2.75) is 143 Å². The molecule has 0 aromatic heterocycles. The quantitative estimate of drug-likeness (QED) is 0.128. The Labute approximate surface area is 193 Å². The van der Waals surface area contributed by atoms with Crippen molar-refractivity contribution in [2.24, 2.45) is 0 Å². The van der Waals surface area contributed by atoms with Gasteiger partial charge in [0.05, 0.1) is 0 Å². The van der Waals surface area contributed by atoms with Crippen LogP contribution in [0.3, 0.4) is 0 Å². The maximum Gasteiger partial charge on any atom is -0.147 e. The van der Waals surface area contributed by atoms with Gasteiger partial charge in [0.15, 0.2) is 0 Å². The Morgan fingerprint density at radius 1 is 0.379 bits per heavy atom. The molecule has 0 saturated heterocycles. The van der Waals surface area contributed by atoms with E-state index in [1.165, 1.54) is 96.3 Å². The SMILES string of the molecule is CCCCCCCC[PH](CC)(CCCCCCCC)CCCCCCCC.Cl.N. The van der Waals surface area contributed by atoms with Crippen LogP contribution in [0.15, 0.2) is 0 Å². The Morgan fingerprint density at radius 2 is 0.621 bits per heavy atom. The van der Waals surface area contributed by atoms with E-state index < -0.39 is 7.26 Å². The summed E-state index contributed by atoms with van der Waals surface area (Å²) in [5.41, 5.74) is 0. The minimum Gasteiger partial charge on any atom is -0.344 e. The van der Waals surface area contributed by atoms with Gasteiger partial charge in [-0.05, 0) is 0 Å². The zero-order valence-corrected chi connectivity index (χ0v) is 23.0. The number of halogens is 1. The molecule has 182 valence electrons. The summed E-state index contributed by atoms with van der Waals surface area (Å²) in [5.74, 6) is 0. The number of unbranched alkanes of at least 4 members (excludes halogenated alkanes) is 15. The minimum atomic E-state index is -0.975. The molecule has 3 heteroatoms. The molecule has 0 heterocycles. The van der Waals surface area contributed by atoms with Crippen molar-refractivity contribution in [3.05, 3.63) is 0 Å². The molecule has 0 aromatic carbocycles. The average Bonchev–Trinajstić information content (AvgIpc) is 2.69. The number of hydrogen-bond acceptors (Lipinski definition) is 1. The molecule has 0 fully saturated rings. The van der Waals surface area contributed by atoms with Gasteiger partial charge in [-0.3, -0.25) is 0 Å². The number of rotatable bonds is 22. The summed E-state index contributed by atoms with van der Waals surface area (Å²) in [7, 11) is -0.975. The van der Waals surface area contributed by atoms with Gasteiger partial charge in [0.2, 0.25) is 0 Å². The van der Waals surface area contributed by atoms with Gasteiger partial charge in [0.25, 0.3) is 0 Å².